The second kappa shape index (κ2) is 5.96. The average Bonchev–Trinajstić information content (AvgIpc) is 2.93. The van der Waals surface area contributed by atoms with Crippen LogP contribution in [0, 0.1) is 13.8 Å². The van der Waals surface area contributed by atoms with Crippen molar-refractivity contribution in [3.05, 3.63) is 40.4 Å². The molecule has 0 aliphatic heterocycles. The number of aromatic nitrogens is 3. The number of ether oxygens (including phenoxy) is 1. The Kier molecular flexibility index (Phi) is 4.00. The van der Waals surface area contributed by atoms with Crippen molar-refractivity contribution in [1.29, 1.82) is 0 Å². The number of aryl methyl sites for hydroxylation is 2. The van der Waals surface area contributed by atoms with Crippen LogP contribution in [-0.2, 0) is 4.74 Å². The first-order valence-electron chi connectivity index (χ1n) is 7.08. The summed E-state index contributed by atoms with van der Waals surface area (Å²) in [5.41, 5.74) is 2.27. The maximum atomic E-state index is 12.0. The van der Waals surface area contributed by atoms with Crippen LogP contribution in [-0.4, -0.2) is 27.8 Å². The molecule has 0 unspecified atom stereocenters. The van der Waals surface area contributed by atoms with E-state index < -0.39 is 5.97 Å². The van der Waals surface area contributed by atoms with Gasteiger partial charge in [-0.25, -0.2) is 9.78 Å². The highest BCUT2D eigenvalue weighted by atomic mass is 35.5. The zero-order valence-corrected chi connectivity index (χ0v) is 13.6. The largest absolute Gasteiger partial charge is 0.461 e. The molecule has 0 aliphatic carbocycles. The summed E-state index contributed by atoms with van der Waals surface area (Å²) in [6, 6.07) is 5.27. The maximum absolute atomic E-state index is 12.0. The topological polar surface area (TPSA) is 78.1 Å². The molecule has 0 saturated heterocycles. The standard InChI is InChI=1S/C16H14ClN3O3/c1-4-22-16(21)13-7-12(17)10-5-8(2)6-11(14(10)18-13)15-20-19-9(3)23-15/h5-7H,4H2,1-3H3. The Morgan fingerprint density at radius 2 is 2.04 bits per heavy atom. The first kappa shape index (κ1) is 15.4. The van der Waals surface area contributed by atoms with Gasteiger partial charge in [0.05, 0.1) is 22.7 Å². The predicted octanol–water partition coefficient (Wildman–Crippen LogP) is 3.73. The first-order chi connectivity index (χ1) is 11.0. The minimum atomic E-state index is -0.524. The summed E-state index contributed by atoms with van der Waals surface area (Å²) in [5, 5.41) is 9.00. The highest BCUT2D eigenvalue weighted by molar-refractivity contribution is 6.36. The van der Waals surface area contributed by atoms with Crippen LogP contribution in [0.15, 0.2) is 22.6 Å². The van der Waals surface area contributed by atoms with Crippen molar-refractivity contribution in [3.8, 4) is 11.5 Å². The number of benzene rings is 1. The summed E-state index contributed by atoms with van der Waals surface area (Å²) < 4.78 is 10.5. The highest BCUT2D eigenvalue weighted by Gasteiger charge is 2.18. The molecule has 0 amide bonds. The predicted molar refractivity (Wildman–Crippen MR) is 85.5 cm³/mol. The monoisotopic (exact) mass is 331 g/mol. The van der Waals surface area contributed by atoms with Crippen LogP contribution < -0.4 is 0 Å². The van der Waals surface area contributed by atoms with Crippen LogP contribution in [0.5, 0.6) is 0 Å². The van der Waals surface area contributed by atoms with Gasteiger partial charge < -0.3 is 9.15 Å². The lowest BCUT2D eigenvalue weighted by atomic mass is 10.0. The molecule has 0 spiro atoms. The van der Waals surface area contributed by atoms with Gasteiger partial charge in [-0.3, -0.25) is 0 Å². The molecule has 23 heavy (non-hydrogen) atoms. The molecular formula is C16H14ClN3O3. The second-order valence-electron chi connectivity index (χ2n) is 5.04. The van der Waals surface area contributed by atoms with Crippen molar-refractivity contribution in [2.24, 2.45) is 0 Å². The molecule has 2 heterocycles. The van der Waals surface area contributed by atoms with Gasteiger partial charge >= 0.3 is 5.97 Å². The maximum Gasteiger partial charge on any atom is 0.356 e. The van der Waals surface area contributed by atoms with E-state index in [0.717, 1.165) is 5.56 Å². The van der Waals surface area contributed by atoms with Crippen molar-refractivity contribution in [2.75, 3.05) is 6.61 Å². The van der Waals surface area contributed by atoms with Crippen LogP contribution in [0.3, 0.4) is 0 Å². The molecule has 7 heteroatoms. The molecule has 0 aliphatic rings. The van der Waals surface area contributed by atoms with Gasteiger partial charge in [0, 0.05) is 12.3 Å². The Morgan fingerprint density at radius 3 is 2.70 bits per heavy atom. The van der Waals surface area contributed by atoms with E-state index >= 15 is 0 Å². The van der Waals surface area contributed by atoms with Crippen molar-refractivity contribution < 1.29 is 13.9 Å². The fraction of sp³-hybridized carbons (Fsp3) is 0.250. The number of hydrogen-bond acceptors (Lipinski definition) is 6. The molecule has 0 bridgehead atoms. The zero-order valence-electron chi connectivity index (χ0n) is 12.9. The average molecular weight is 332 g/mol. The molecule has 0 N–H and O–H groups in total. The number of nitrogens with zero attached hydrogens (tertiary/aromatic N) is 3. The number of esters is 1. The van der Waals surface area contributed by atoms with E-state index in [1.54, 1.807) is 13.8 Å². The number of rotatable bonds is 3. The third kappa shape index (κ3) is 2.90. The smallest absolute Gasteiger partial charge is 0.356 e. The number of halogens is 1. The quantitative estimate of drug-likeness (QED) is 0.680. The van der Waals surface area contributed by atoms with Gasteiger partial charge in [-0.05, 0) is 37.6 Å². The molecule has 0 fully saturated rings. The van der Waals surface area contributed by atoms with E-state index in [4.69, 9.17) is 20.8 Å². The van der Waals surface area contributed by atoms with E-state index in [9.17, 15) is 4.79 Å². The molecule has 1 aromatic carbocycles. The fourth-order valence-corrected chi connectivity index (χ4v) is 2.56. The van der Waals surface area contributed by atoms with Crippen LogP contribution in [0.25, 0.3) is 22.4 Å². The summed E-state index contributed by atoms with van der Waals surface area (Å²) in [6.45, 7) is 5.64. The Labute approximate surface area is 137 Å². The Hall–Kier alpha value is -2.47. The SMILES string of the molecule is CCOC(=O)c1cc(Cl)c2cc(C)cc(-c3nnc(C)o3)c2n1. The Bertz CT molecular complexity index is 905. The minimum absolute atomic E-state index is 0.144. The molecule has 0 saturated carbocycles. The molecule has 0 atom stereocenters. The number of pyridine rings is 1. The van der Waals surface area contributed by atoms with E-state index in [-0.39, 0.29) is 12.3 Å². The zero-order chi connectivity index (χ0) is 16.6. The molecule has 118 valence electrons. The Balaban J connectivity index is 2.28. The lowest BCUT2D eigenvalue weighted by Gasteiger charge is -2.09. The van der Waals surface area contributed by atoms with Gasteiger partial charge in [-0.15, -0.1) is 10.2 Å². The molecule has 0 radical (unpaired) electrons. The van der Waals surface area contributed by atoms with Crippen LogP contribution in [0.4, 0.5) is 0 Å². The molecule has 3 aromatic rings. The van der Waals surface area contributed by atoms with Crippen LogP contribution in [0.1, 0.15) is 28.9 Å². The fourth-order valence-electron chi connectivity index (χ4n) is 2.31. The van der Waals surface area contributed by atoms with Gasteiger partial charge in [0.25, 0.3) is 0 Å². The first-order valence-corrected chi connectivity index (χ1v) is 7.46. The second-order valence-corrected chi connectivity index (χ2v) is 5.45. The number of fused-ring (bicyclic) bond motifs is 1. The number of carbonyl (C=O) groups is 1. The third-order valence-electron chi connectivity index (χ3n) is 3.25. The number of hydrogen-bond donors (Lipinski definition) is 0. The lowest BCUT2D eigenvalue weighted by molar-refractivity contribution is 0.0520. The molecule has 2 aromatic heterocycles. The van der Waals surface area contributed by atoms with E-state index in [1.165, 1.54) is 6.07 Å². The Morgan fingerprint density at radius 1 is 1.26 bits per heavy atom. The summed E-state index contributed by atoms with van der Waals surface area (Å²) >= 11 is 6.33. The van der Waals surface area contributed by atoms with Crippen molar-refractivity contribution in [3.63, 3.8) is 0 Å². The third-order valence-corrected chi connectivity index (χ3v) is 3.56. The van der Waals surface area contributed by atoms with Gasteiger partial charge in [0.1, 0.15) is 0 Å². The number of carbonyl (C=O) groups excluding carboxylic acids is 1. The van der Waals surface area contributed by atoms with Gasteiger partial charge in [0.2, 0.25) is 11.8 Å². The van der Waals surface area contributed by atoms with Gasteiger partial charge in [0.15, 0.2) is 5.69 Å². The van der Waals surface area contributed by atoms with Crippen molar-refractivity contribution in [2.45, 2.75) is 20.8 Å². The van der Waals surface area contributed by atoms with E-state index in [0.29, 0.717) is 33.3 Å². The normalized spacial score (nSPS) is 11.0. The van der Waals surface area contributed by atoms with E-state index in [1.807, 2.05) is 19.1 Å². The van der Waals surface area contributed by atoms with Crippen molar-refractivity contribution in [1.82, 2.24) is 15.2 Å². The van der Waals surface area contributed by atoms with Crippen molar-refractivity contribution >= 4 is 28.5 Å². The lowest BCUT2D eigenvalue weighted by Crippen LogP contribution is -2.07. The molecular weight excluding hydrogens is 318 g/mol. The summed E-state index contributed by atoms with van der Waals surface area (Å²) in [7, 11) is 0. The summed E-state index contributed by atoms with van der Waals surface area (Å²) in [5.74, 6) is 0.257. The van der Waals surface area contributed by atoms with Crippen LogP contribution in [0.2, 0.25) is 5.02 Å². The highest BCUT2D eigenvalue weighted by Crippen LogP contribution is 2.32. The van der Waals surface area contributed by atoms with Gasteiger partial charge in [-0.2, -0.15) is 0 Å². The van der Waals surface area contributed by atoms with E-state index in [2.05, 4.69) is 15.2 Å². The van der Waals surface area contributed by atoms with Gasteiger partial charge in [-0.1, -0.05) is 11.6 Å². The summed E-state index contributed by atoms with van der Waals surface area (Å²) in [6.07, 6.45) is 0. The molecule has 6 nitrogen and oxygen atoms in total. The minimum Gasteiger partial charge on any atom is -0.461 e. The molecule has 3 rings (SSSR count). The van der Waals surface area contributed by atoms with Crippen LogP contribution >= 0.6 is 11.6 Å². The summed E-state index contributed by atoms with van der Waals surface area (Å²) in [4.78, 5) is 16.4.